The van der Waals surface area contributed by atoms with Crippen LogP contribution in [0.3, 0.4) is 0 Å². The molecule has 4 heterocycles. The number of fused-ring (bicyclic) bond motifs is 1. The third kappa shape index (κ3) is 4.79. The Balaban J connectivity index is 1.47. The summed E-state index contributed by atoms with van der Waals surface area (Å²) in [4.78, 5) is 24.0. The van der Waals surface area contributed by atoms with Crippen molar-refractivity contribution in [3.05, 3.63) is 96.6 Å². The molecule has 2 N–H and O–H groups in total. The number of carbonyl (C=O) groups excluding carboxylic acids is 1. The number of benzene rings is 2. The van der Waals surface area contributed by atoms with Crippen LogP contribution < -0.4 is 20.3 Å². The zero-order valence-electron chi connectivity index (χ0n) is 21.8. The van der Waals surface area contributed by atoms with Crippen LogP contribution in [0, 0.1) is 0 Å². The zero-order valence-corrected chi connectivity index (χ0v) is 23.4. The molecule has 1 fully saturated rings. The van der Waals surface area contributed by atoms with Crippen LogP contribution in [0.5, 0.6) is 5.75 Å². The van der Waals surface area contributed by atoms with Crippen molar-refractivity contribution in [3.63, 3.8) is 0 Å². The number of amides is 1. The van der Waals surface area contributed by atoms with Gasteiger partial charge in [0.25, 0.3) is 0 Å². The first-order valence-corrected chi connectivity index (χ1v) is 13.8. The van der Waals surface area contributed by atoms with Crippen LogP contribution >= 0.6 is 23.6 Å². The van der Waals surface area contributed by atoms with E-state index in [1.807, 2.05) is 66.9 Å². The lowest BCUT2D eigenvalue weighted by atomic mass is 10.0. The van der Waals surface area contributed by atoms with Crippen molar-refractivity contribution in [2.75, 3.05) is 31.0 Å². The molecule has 0 aliphatic carbocycles. The summed E-state index contributed by atoms with van der Waals surface area (Å²) in [7, 11) is 3.04. The highest BCUT2D eigenvalue weighted by molar-refractivity contribution is 7.80. The number of carbonyl (C=O) groups is 1. The summed E-state index contributed by atoms with van der Waals surface area (Å²) >= 11 is 7.55. The second kappa shape index (κ2) is 11.0. The van der Waals surface area contributed by atoms with E-state index in [1.54, 1.807) is 24.6 Å². The summed E-state index contributed by atoms with van der Waals surface area (Å²) in [6.07, 6.45) is 3.80. The Kier molecular flexibility index (Phi) is 7.16. The van der Waals surface area contributed by atoms with Gasteiger partial charge < -0.3 is 25.0 Å². The van der Waals surface area contributed by atoms with Crippen LogP contribution in [0.25, 0.3) is 15.3 Å². The van der Waals surface area contributed by atoms with Gasteiger partial charge in [-0.2, -0.15) is 0 Å². The quantitative estimate of drug-likeness (QED) is 0.244. The van der Waals surface area contributed by atoms with Crippen molar-refractivity contribution >= 4 is 56.2 Å². The second-order valence-corrected chi connectivity index (χ2v) is 10.5. The molecule has 0 radical (unpaired) electrons. The minimum Gasteiger partial charge on any atom is -0.495 e. The fourth-order valence-electron chi connectivity index (χ4n) is 4.97. The average molecular weight is 571 g/mol. The molecule has 40 heavy (non-hydrogen) atoms. The Bertz CT molecular complexity index is 1650. The molecule has 2 atom stereocenters. The number of hydrogen-bond donors (Lipinski definition) is 2. The molecular formula is C29H26N6O3S2. The lowest BCUT2D eigenvalue weighted by molar-refractivity contribution is -0.119. The standard InChI is InChI=1S/C29H26N6O3S2/c1-37-17-25(36)31-21-16-18(12-13-23(21)38-2)35-27(26(33-28(35)39)20-9-5-6-14-30-20)22-10-7-15-34(22)29-32-19-8-3-4-11-24(19)40-29/h3-16,26-27H,17H2,1-2H3,(H,31,36)(H,33,39). The predicted molar refractivity (Wildman–Crippen MR) is 160 cm³/mol. The van der Waals surface area contributed by atoms with Gasteiger partial charge in [-0.1, -0.05) is 29.5 Å². The predicted octanol–water partition coefficient (Wildman–Crippen LogP) is 5.25. The summed E-state index contributed by atoms with van der Waals surface area (Å²) in [6, 6.07) is 23.1. The topological polar surface area (TPSA) is 93.5 Å². The average Bonchev–Trinajstić information content (AvgIpc) is 3.70. The minimum atomic E-state index is -0.285. The number of nitrogens with one attached hydrogen (secondary N) is 2. The maximum Gasteiger partial charge on any atom is 0.250 e. The lowest BCUT2D eigenvalue weighted by Crippen LogP contribution is -2.30. The molecule has 1 saturated heterocycles. The fraction of sp³-hybridized carbons (Fsp3) is 0.172. The zero-order chi connectivity index (χ0) is 27.6. The van der Waals surface area contributed by atoms with Crippen LogP contribution in [0.1, 0.15) is 23.5 Å². The van der Waals surface area contributed by atoms with E-state index in [4.69, 9.17) is 26.7 Å². The number of nitrogens with zero attached hydrogens (tertiary/aromatic N) is 4. The summed E-state index contributed by atoms with van der Waals surface area (Å²) in [5.74, 6) is 0.245. The van der Waals surface area contributed by atoms with Gasteiger partial charge in [-0.15, -0.1) is 0 Å². The van der Waals surface area contributed by atoms with Crippen LogP contribution in [-0.2, 0) is 9.53 Å². The van der Waals surface area contributed by atoms with Gasteiger partial charge in [-0.05, 0) is 66.8 Å². The Morgan fingerprint density at radius 2 is 1.95 bits per heavy atom. The number of aromatic nitrogens is 3. The van der Waals surface area contributed by atoms with E-state index in [9.17, 15) is 4.79 Å². The first-order chi connectivity index (χ1) is 19.6. The van der Waals surface area contributed by atoms with E-state index in [0.29, 0.717) is 16.5 Å². The van der Waals surface area contributed by atoms with Gasteiger partial charge in [0.2, 0.25) is 5.91 Å². The van der Waals surface area contributed by atoms with E-state index < -0.39 is 0 Å². The van der Waals surface area contributed by atoms with Gasteiger partial charge in [0.1, 0.15) is 18.4 Å². The molecule has 9 nitrogen and oxygen atoms in total. The molecule has 5 aromatic rings. The van der Waals surface area contributed by atoms with Crippen molar-refractivity contribution in [1.82, 2.24) is 19.9 Å². The van der Waals surface area contributed by atoms with Gasteiger partial charge >= 0.3 is 0 Å². The molecule has 0 bridgehead atoms. The van der Waals surface area contributed by atoms with Gasteiger partial charge in [0.05, 0.1) is 40.4 Å². The molecule has 1 amide bonds. The number of para-hydroxylation sites is 1. The smallest absolute Gasteiger partial charge is 0.250 e. The first-order valence-electron chi connectivity index (χ1n) is 12.6. The summed E-state index contributed by atoms with van der Waals surface area (Å²) in [5.41, 5.74) is 4.10. The van der Waals surface area contributed by atoms with Crippen molar-refractivity contribution in [2.24, 2.45) is 0 Å². The van der Waals surface area contributed by atoms with Gasteiger partial charge in [0, 0.05) is 25.2 Å². The van der Waals surface area contributed by atoms with Crippen molar-refractivity contribution in [3.8, 4) is 10.9 Å². The maximum absolute atomic E-state index is 12.4. The van der Waals surface area contributed by atoms with E-state index in [1.165, 1.54) is 7.11 Å². The van der Waals surface area contributed by atoms with Crippen LogP contribution in [0.4, 0.5) is 11.4 Å². The van der Waals surface area contributed by atoms with E-state index >= 15 is 0 Å². The monoisotopic (exact) mass is 570 g/mol. The molecule has 2 unspecified atom stereocenters. The largest absolute Gasteiger partial charge is 0.495 e. The number of anilines is 2. The van der Waals surface area contributed by atoms with Crippen molar-refractivity contribution in [1.29, 1.82) is 0 Å². The number of thiocarbonyl (C=S) groups is 1. The highest BCUT2D eigenvalue weighted by atomic mass is 32.1. The fourth-order valence-corrected chi connectivity index (χ4v) is 6.28. The second-order valence-electron chi connectivity index (χ2n) is 9.13. The molecule has 0 saturated carbocycles. The third-order valence-corrected chi connectivity index (χ3v) is 8.03. The molecule has 6 rings (SSSR count). The Morgan fingerprint density at radius 3 is 2.73 bits per heavy atom. The van der Waals surface area contributed by atoms with Crippen LogP contribution in [0.2, 0.25) is 0 Å². The summed E-state index contributed by atoms with van der Waals surface area (Å²) in [5, 5.41) is 7.78. The molecule has 3 aromatic heterocycles. The third-order valence-electron chi connectivity index (χ3n) is 6.68. The number of hydrogen-bond acceptors (Lipinski definition) is 7. The Labute approximate surface area is 240 Å². The molecular weight excluding hydrogens is 544 g/mol. The van der Waals surface area contributed by atoms with Gasteiger partial charge in [-0.25, -0.2) is 4.98 Å². The highest BCUT2D eigenvalue weighted by Crippen LogP contribution is 2.44. The SMILES string of the molecule is COCC(=O)Nc1cc(N2C(=S)NC(c3ccccn3)C2c2cccn2-c2nc3ccccc3s2)ccc1OC. The molecule has 11 heteroatoms. The highest BCUT2D eigenvalue weighted by Gasteiger charge is 2.42. The number of rotatable bonds is 8. The minimum absolute atomic E-state index is 0.0723. The maximum atomic E-state index is 12.4. The van der Waals surface area contributed by atoms with E-state index in [0.717, 1.165) is 32.4 Å². The van der Waals surface area contributed by atoms with Crippen molar-refractivity contribution in [2.45, 2.75) is 12.1 Å². The Morgan fingerprint density at radius 1 is 1.10 bits per heavy atom. The molecule has 2 aromatic carbocycles. The Hall–Kier alpha value is -4.32. The summed E-state index contributed by atoms with van der Waals surface area (Å²) in [6.45, 7) is -0.0723. The lowest BCUT2D eigenvalue weighted by Gasteiger charge is -2.29. The molecule has 1 aliphatic heterocycles. The normalized spacial score (nSPS) is 16.8. The van der Waals surface area contributed by atoms with E-state index in [2.05, 4.69) is 37.2 Å². The van der Waals surface area contributed by atoms with Crippen LogP contribution in [-0.4, -0.2) is 46.4 Å². The molecule has 1 aliphatic rings. The van der Waals surface area contributed by atoms with Crippen molar-refractivity contribution < 1.29 is 14.3 Å². The summed E-state index contributed by atoms with van der Waals surface area (Å²) < 4.78 is 13.7. The number of pyridine rings is 1. The van der Waals surface area contributed by atoms with E-state index in [-0.39, 0.29) is 24.6 Å². The number of thiazole rings is 1. The molecule has 202 valence electrons. The van der Waals surface area contributed by atoms with Crippen LogP contribution in [0.15, 0.2) is 85.2 Å². The first kappa shape index (κ1) is 25.9. The van der Waals surface area contributed by atoms with Gasteiger partial charge in [-0.3, -0.25) is 14.3 Å². The number of ether oxygens (including phenoxy) is 2. The van der Waals surface area contributed by atoms with Gasteiger partial charge in [0.15, 0.2) is 10.2 Å². The molecule has 0 spiro atoms. The number of methoxy groups -OCH3 is 2.